The molecule has 3 aromatic rings. The van der Waals surface area contributed by atoms with Crippen molar-refractivity contribution in [3.8, 4) is 6.07 Å². The second kappa shape index (κ2) is 6.05. The number of aromatic nitrogens is 2. The molecule has 3 rings (SSSR count). The van der Waals surface area contributed by atoms with E-state index in [1.54, 1.807) is 47.5 Å². The fourth-order valence-electron chi connectivity index (χ4n) is 2.73. The van der Waals surface area contributed by atoms with Gasteiger partial charge in [-0.05, 0) is 29.8 Å². The van der Waals surface area contributed by atoms with Gasteiger partial charge in [-0.1, -0.05) is 18.2 Å². The number of nitriles is 1. The highest BCUT2D eigenvalue weighted by Gasteiger charge is 2.11. The van der Waals surface area contributed by atoms with Crippen LogP contribution in [0.1, 0.15) is 11.1 Å². The van der Waals surface area contributed by atoms with Gasteiger partial charge in [0.05, 0.1) is 28.7 Å². The second-order valence-electron chi connectivity index (χ2n) is 5.61. The van der Waals surface area contributed by atoms with Crippen LogP contribution in [0.15, 0.2) is 47.3 Å². The highest BCUT2D eigenvalue weighted by atomic mass is 16.2. The molecule has 6 nitrogen and oxygen atoms in total. The summed E-state index contributed by atoms with van der Waals surface area (Å²) in [5.41, 5.74) is 3.22. The van der Waals surface area contributed by atoms with E-state index in [2.05, 4.69) is 5.32 Å². The number of carbonyl (C=O) groups excluding carboxylic acids is 1. The van der Waals surface area contributed by atoms with Crippen LogP contribution in [0.4, 0.5) is 5.69 Å². The van der Waals surface area contributed by atoms with Crippen molar-refractivity contribution in [1.29, 1.82) is 5.26 Å². The van der Waals surface area contributed by atoms with Crippen molar-refractivity contribution < 1.29 is 4.79 Å². The van der Waals surface area contributed by atoms with Crippen LogP contribution < -0.4 is 11.0 Å². The van der Waals surface area contributed by atoms with Gasteiger partial charge in [0.1, 0.15) is 6.07 Å². The van der Waals surface area contributed by atoms with E-state index in [1.807, 2.05) is 24.3 Å². The van der Waals surface area contributed by atoms with Gasteiger partial charge in [0.2, 0.25) is 5.91 Å². The van der Waals surface area contributed by atoms with E-state index in [0.717, 1.165) is 16.6 Å². The first-order valence-electron chi connectivity index (χ1n) is 7.44. The molecule has 0 aliphatic carbocycles. The second-order valence-corrected chi connectivity index (χ2v) is 5.61. The van der Waals surface area contributed by atoms with Gasteiger partial charge >= 0.3 is 5.69 Å². The van der Waals surface area contributed by atoms with Gasteiger partial charge < -0.3 is 5.32 Å². The number of hydrogen-bond donors (Lipinski definition) is 1. The van der Waals surface area contributed by atoms with E-state index in [4.69, 9.17) is 5.26 Å². The highest BCUT2D eigenvalue weighted by molar-refractivity contribution is 5.94. The average Bonchev–Trinajstić information content (AvgIpc) is 2.79. The minimum absolute atomic E-state index is 0.102. The molecule has 2 aromatic carbocycles. The lowest BCUT2D eigenvalue weighted by Crippen LogP contribution is -2.19. The summed E-state index contributed by atoms with van der Waals surface area (Å²) in [5.74, 6) is -0.210. The fraction of sp³-hybridized carbons (Fsp3) is 0.167. The van der Waals surface area contributed by atoms with Gasteiger partial charge in [-0.15, -0.1) is 0 Å². The predicted molar refractivity (Wildman–Crippen MR) is 91.7 cm³/mol. The summed E-state index contributed by atoms with van der Waals surface area (Å²) in [4.78, 5) is 24.2. The minimum atomic E-state index is -0.210. The van der Waals surface area contributed by atoms with E-state index >= 15 is 0 Å². The van der Waals surface area contributed by atoms with Crippen molar-refractivity contribution in [2.24, 2.45) is 14.1 Å². The minimum Gasteiger partial charge on any atom is -0.325 e. The molecular weight excluding hydrogens is 304 g/mol. The number of fused-ring (bicyclic) bond motifs is 1. The molecule has 0 saturated carbocycles. The van der Waals surface area contributed by atoms with Gasteiger partial charge in [0, 0.05) is 14.1 Å². The first-order valence-corrected chi connectivity index (χ1v) is 7.44. The van der Waals surface area contributed by atoms with Crippen LogP contribution >= 0.6 is 0 Å². The zero-order chi connectivity index (χ0) is 17.3. The Labute approximate surface area is 138 Å². The fourth-order valence-corrected chi connectivity index (χ4v) is 2.73. The van der Waals surface area contributed by atoms with Crippen LogP contribution in [0.2, 0.25) is 0 Å². The first-order chi connectivity index (χ1) is 11.5. The maximum Gasteiger partial charge on any atom is 0.328 e. The van der Waals surface area contributed by atoms with Crippen molar-refractivity contribution in [2.75, 3.05) is 5.32 Å². The van der Waals surface area contributed by atoms with Crippen LogP contribution in [0.3, 0.4) is 0 Å². The third kappa shape index (κ3) is 2.68. The van der Waals surface area contributed by atoms with Crippen LogP contribution in [0.25, 0.3) is 11.0 Å². The van der Waals surface area contributed by atoms with Gasteiger partial charge in [-0.2, -0.15) is 5.26 Å². The summed E-state index contributed by atoms with van der Waals surface area (Å²) in [6, 6.07) is 14.4. The number of nitrogens with zero attached hydrogens (tertiary/aromatic N) is 3. The molecule has 0 bridgehead atoms. The molecule has 1 heterocycles. The van der Waals surface area contributed by atoms with Crippen molar-refractivity contribution in [1.82, 2.24) is 9.13 Å². The molecule has 6 heteroatoms. The van der Waals surface area contributed by atoms with Crippen molar-refractivity contribution >= 4 is 22.6 Å². The number of imidazole rings is 1. The third-order valence-corrected chi connectivity index (χ3v) is 4.02. The molecule has 0 fully saturated rings. The molecule has 1 amide bonds. The van der Waals surface area contributed by atoms with E-state index in [9.17, 15) is 9.59 Å². The lowest BCUT2D eigenvalue weighted by atomic mass is 10.1. The molecule has 120 valence electrons. The topological polar surface area (TPSA) is 79.8 Å². The zero-order valence-electron chi connectivity index (χ0n) is 13.4. The molecule has 0 aliphatic rings. The molecule has 24 heavy (non-hydrogen) atoms. The SMILES string of the molecule is Cn1c(=O)n(C)c2cc(CC(=O)Nc3ccccc3C#N)ccc21. The molecule has 0 spiro atoms. The maximum absolute atomic E-state index is 12.2. The number of benzene rings is 2. The lowest BCUT2D eigenvalue weighted by molar-refractivity contribution is -0.115. The Morgan fingerprint density at radius 1 is 1.12 bits per heavy atom. The quantitative estimate of drug-likeness (QED) is 0.801. The van der Waals surface area contributed by atoms with Crippen molar-refractivity contribution in [3.05, 3.63) is 64.1 Å². The molecule has 0 radical (unpaired) electrons. The Balaban J connectivity index is 1.85. The zero-order valence-corrected chi connectivity index (χ0v) is 13.4. The maximum atomic E-state index is 12.2. The molecular formula is C18H16N4O2. The number of nitrogens with one attached hydrogen (secondary N) is 1. The number of para-hydroxylation sites is 1. The Kier molecular flexibility index (Phi) is 3.92. The number of hydrogen-bond acceptors (Lipinski definition) is 3. The van der Waals surface area contributed by atoms with Gasteiger partial charge in [-0.25, -0.2) is 4.79 Å². The normalized spacial score (nSPS) is 10.5. The van der Waals surface area contributed by atoms with E-state index < -0.39 is 0 Å². The van der Waals surface area contributed by atoms with Crippen LogP contribution in [0.5, 0.6) is 0 Å². The van der Waals surface area contributed by atoms with Crippen molar-refractivity contribution in [2.45, 2.75) is 6.42 Å². The number of aryl methyl sites for hydroxylation is 2. The first kappa shape index (κ1) is 15.6. The van der Waals surface area contributed by atoms with E-state index in [1.165, 1.54) is 0 Å². The van der Waals surface area contributed by atoms with Crippen LogP contribution in [0, 0.1) is 11.3 Å². The molecule has 0 atom stereocenters. The van der Waals surface area contributed by atoms with Gasteiger partial charge in [0.25, 0.3) is 0 Å². The third-order valence-electron chi connectivity index (χ3n) is 4.02. The summed E-state index contributed by atoms with van der Waals surface area (Å²) < 4.78 is 3.13. The monoisotopic (exact) mass is 320 g/mol. The average molecular weight is 320 g/mol. The summed E-state index contributed by atoms with van der Waals surface area (Å²) in [7, 11) is 3.42. The largest absolute Gasteiger partial charge is 0.328 e. The highest BCUT2D eigenvalue weighted by Crippen LogP contribution is 2.17. The molecule has 0 aliphatic heterocycles. The number of carbonyl (C=O) groups is 1. The van der Waals surface area contributed by atoms with Gasteiger partial charge in [-0.3, -0.25) is 13.9 Å². The smallest absolute Gasteiger partial charge is 0.325 e. The lowest BCUT2D eigenvalue weighted by Gasteiger charge is -2.07. The van der Waals surface area contributed by atoms with E-state index in [-0.39, 0.29) is 18.0 Å². The summed E-state index contributed by atoms with van der Waals surface area (Å²) in [6.45, 7) is 0. The van der Waals surface area contributed by atoms with Gasteiger partial charge in [0.15, 0.2) is 0 Å². The van der Waals surface area contributed by atoms with E-state index in [0.29, 0.717) is 11.3 Å². The molecule has 1 N–H and O–H groups in total. The van der Waals surface area contributed by atoms with Crippen LogP contribution in [-0.2, 0) is 25.3 Å². The Morgan fingerprint density at radius 2 is 1.83 bits per heavy atom. The molecule has 1 aromatic heterocycles. The number of amides is 1. The Morgan fingerprint density at radius 3 is 2.58 bits per heavy atom. The summed E-state index contributed by atoms with van der Waals surface area (Å²) in [5, 5.41) is 11.8. The Hall–Kier alpha value is -3.33. The summed E-state index contributed by atoms with van der Waals surface area (Å²) >= 11 is 0. The molecule has 0 saturated heterocycles. The standard InChI is InChI=1S/C18H16N4O2/c1-21-15-8-7-12(9-16(15)22(2)18(21)24)10-17(23)20-14-6-4-3-5-13(14)11-19/h3-9H,10H2,1-2H3,(H,20,23). The van der Waals surface area contributed by atoms with Crippen LogP contribution in [-0.4, -0.2) is 15.0 Å². The number of anilines is 1. The molecule has 0 unspecified atom stereocenters. The number of rotatable bonds is 3. The summed E-state index contributed by atoms with van der Waals surface area (Å²) in [6.07, 6.45) is 0.165. The Bertz CT molecular complexity index is 1040. The predicted octanol–water partition coefficient (Wildman–Crippen LogP) is 1.93. The van der Waals surface area contributed by atoms with Crippen molar-refractivity contribution in [3.63, 3.8) is 0 Å².